The molecule has 1 aliphatic heterocycles. The minimum Gasteiger partial charge on any atom is -0.351 e. The van der Waals surface area contributed by atoms with Crippen molar-refractivity contribution in [3.05, 3.63) is 53.4 Å². The Balaban J connectivity index is 1.75. The Hall–Kier alpha value is -3.06. The van der Waals surface area contributed by atoms with Crippen LogP contribution in [0.15, 0.2) is 47.2 Å². The highest BCUT2D eigenvalue weighted by Gasteiger charge is 2.11. The average Bonchev–Trinajstić information content (AvgIpc) is 3.08. The Bertz CT molecular complexity index is 873. The standard InChI is InChI=1S/C20H24N6O/c1-13-11-24-20(25-17-10-14(2)23-12-17)26-18(13)15-4-6-16(7-5-15)19(27)22-9-8-21-3/h4-7,10-12,14,21H,8-9H2,1-3H3,(H,22,27)(H,24,25,26). The number of aliphatic imine (C=N–C) groups is 1. The van der Waals surface area contributed by atoms with Crippen molar-refractivity contribution >= 4 is 18.1 Å². The first-order valence-electron chi connectivity index (χ1n) is 8.95. The van der Waals surface area contributed by atoms with Gasteiger partial charge in [-0.2, -0.15) is 0 Å². The van der Waals surface area contributed by atoms with Gasteiger partial charge in [0, 0.05) is 36.6 Å². The molecule has 0 bridgehead atoms. The van der Waals surface area contributed by atoms with Gasteiger partial charge in [-0.15, -0.1) is 0 Å². The van der Waals surface area contributed by atoms with Crippen LogP contribution in [0.4, 0.5) is 5.95 Å². The van der Waals surface area contributed by atoms with Crippen molar-refractivity contribution < 1.29 is 4.79 Å². The summed E-state index contributed by atoms with van der Waals surface area (Å²) in [5, 5.41) is 9.05. The summed E-state index contributed by atoms with van der Waals surface area (Å²) in [6.07, 6.45) is 5.60. The number of aryl methyl sites for hydroxylation is 1. The van der Waals surface area contributed by atoms with Crippen molar-refractivity contribution in [1.82, 2.24) is 20.6 Å². The van der Waals surface area contributed by atoms with Crippen molar-refractivity contribution in [2.45, 2.75) is 19.9 Å². The van der Waals surface area contributed by atoms with Gasteiger partial charge in [-0.1, -0.05) is 12.1 Å². The van der Waals surface area contributed by atoms with E-state index in [0.717, 1.165) is 29.1 Å². The lowest BCUT2D eigenvalue weighted by atomic mass is 10.1. The number of nitrogens with zero attached hydrogens (tertiary/aromatic N) is 3. The number of carbonyl (C=O) groups excluding carboxylic acids is 1. The molecule has 1 aliphatic rings. The zero-order valence-electron chi connectivity index (χ0n) is 15.8. The number of hydrogen-bond acceptors (Lipinski definition) is 6. The van der Waals surface area contributed by atoms with Gasteiger partial charge in [-0.3, -0.25) is 9.79 Å². The average molecular weight is 364 g/mol. The molecule has 27 heavy (non-hydrogen) atoms. The summed E-state index contributed by atoms with van der Waals surface area (Å²) in [6.45, 7) is 5.31. The van der Waals surface area contributed by atoms with Crippen LogP contribution in [0.1, 0.15) is 22.8 Å². The van der Waals surface area contributed by atoms with Crippen LogP contribution >= 0.6 is 0 Å². The summed E-state index contributed by atoms with van der Waals surface area (Å²) in [6, 6.07) is 7.61. The highest BCUT2D eigenvalue weighted by atomic mass is 16.1. The number of allylic oxidation sites excluding steroid dienone is 1. The van der Waals surface area contributed by atoms with Crippen molar-refractivity contribution in [2.75, 3.05) is 25.5 Å². The van der Waals surface area contributed by atoms with Crippen LogP contribution in [0.3, 0.4) is 0 Å². The third-order valence-corrected chi connectivity index (χ3v) is 4.18. The van der Waals surface area contributed by atoms with Crippen LogP contribution in [0, 0.1) is 6.92 Å². The minimum atomic E-state index is -0.0832. The third-order valence-electron chi connectivity index (χ3n) is 4.18. The molecule has 1 atom stereocenters. The maximum absolute atomic E-state index is 12.1. The Morgan fingerprint density at radius 2 is 1.96 bits per heavy atom. The largest absolute Gasteiger partial charge is 0.351 e. The van der Waals surface area contributed by atoms with E-state index < -0.39 is 0 Å². The lowest BCUT2D eigenvalue weighted by molar-refractivity contribution is 0.0954. The summed E-state index contributed by atoms with van der Waals surface area (Å²) in [7, 11) is 1.85. The summed E-state index contributed by atoms with van der Waals surface area (Å²) in [5.74, 6) is 0.441. The Labute approximate surface area is 159 Å². The van der Waals surface area contributed by atoms with Crippen molar-refractivity contribution in [3.8, 4) is 11.3 Å². The number of hydrogen-bond donors (Lipinski definition) is 3. The number of nitrogens with one attached hydrogen (secondary N) is 3. The number of carbonyl (C=O) groups is 1. The molecule has 7 heteroatoms. The molecule has 3 N–H and O–H groups in total. The molecule has 0 saturated carbocycles. The van der Waals surface area contributed by atoms with E-state index in [1.165, 1.54) is 0 Å². The number of aromatic nitrogens is 2. The van der Waals surface area contributed by atoms with E-state index in [0.29, 0.717) is 18.1 Å². The van der Waals surface area contributed by atoms with Crippen LogP contribution in [0.5, 0.6) is 0 Å². The Morgan fingerprint density at radius 3 is 2.63 bits per heavy atom. The first-order valence-corrected chi connectivity index (χ1v) is 8.95. The maximum Gasteiger partial charge on any atom is 0.251 e. The summed E-state index contributed by atoms with van der Waals surface area (Å²) >= 11 is 0. The summed E-state index contributed by atoms with van der Waals surface area (Å²) in [4.78, 5) is 25.4. The van der Waals surface area contributed by atoms with Crippen LogP contribution in [-0.4, -0.2) is 48.3 Å². The number of rotatable bonds is 7. The maximum atomic E-state index is 12.1. The molecule has 1 aromatic heterocycles. The van der Waals surface area contributed by atoms with Crippen molar-refractivity contribution in [2.24, 2.45) is 4.99 Å². The molecule has 0 radical (unpaired) electrons. The van der Waals surface area contributed by atoms with E-state index in [1.807, 2.05) is 51.2 Å². The molecule has 0 fully saturated rings. The van der Waals surface area contributed by atoms with Gasteiger partial charge in [0.1, 0.15) is 0 Å². The molecule has 140 valence electrons. The van der Waals surface area contributed by atoms with E-state index in [2.05, 4.69) is 30.9 Å². The highest BCUT2D eigenvalue weighted by Crippen LogP contribution is 2.23. The van der Waals surface area contributed by atoms with E-state index in [1.54, 1.807) is 12.4 Å². The molecule has 1 unspecified atom stereocenters. The smallest absolute Gasteiger partial charge is 0.251 e. The van der Waals surface area contributed by atoms with Crippen LogP contribution in [0.2, 0.25) is 0 Å². The fourth-order valence-corrected chi connectivity index (χ4v) is 2.72. The SMILES string of the molecule is CNCCNC(=O)c1ccc(-c2nc(NC3=CC(C)N=C3)ncc2C)cc1. The number of amides is 1. The molecule has 2 heterocycles. The first-order chi connectivity index (χ1) is 13.1. The summed E-state index contributed by atoms with van der Waals surface area (Å²) in [5.41, 5.74) is 4.26. The summed E-state index contributed by atoms with van der Waals surface area (Å²) < 4.78 is 0. The second kappa shape index (κ2) is 8.55. The minimum absolute atomic E-state index is 0.0832. The molecule has 0 aliphatic carbocycles. The number of anilines is 1. The highest BCUT2D eigenvalue weighted by molar-refractivity contribution is 5.94. The molecule has 0 saturated heterocycles. The molecule has 3 rings (SSSR count). The van der Waals surface area contributed by atoms with E-state index in [-0.39, 0.29) is 11.9 Å². The van der Waals surface area contributed by atoms with Gasteiger partial charge in [0.05, 0.1) is 17.4 Å². The molecule has 0 spiro atoms. The van der Waals surface area contributed by atoms with Gasteiger partial charge in [0.15, 0.2) is 0 Å². The number of likely N-dealkylation sites (N-methyl/N-ethyl adjacent to an activating group) is 1. The van der Waals surface area contributed by atoms with Crippen molar-refractivity contribution in [3.63, 3.8) is 0 Å². The fraction of sp³-hybridized carbons (Fsp3) is 0.300. The lowest BCUT2D eigenvalue weighted by Crippen LogP contribution is -2.30. The fourth-order valence-electron chi connectivity index (χ4n) is 2.72. The molecular formula is C20H24N6O. The van der Waals surface area contributed by atoms with Gasteiger partial charge < -0.3 is 16.0 Å². The predicted molar refractivity (Wildman–Crippen MR) is 108 cm³/mol. The number of benzene rings is 1. The lowest BCUT2D eigenvalue weighted by Gasteiger charge is -2.10. The molecule has 2 aromatic rings. The predicted octanol–water partition coefficient (Wildman–Crippen LogP) is 2.17. The Kier molecular flexibility index (Phi) is 5.93. The van der Waals surface area contributed by atoms with Gasteiger partial charge in [0.25, 0.3) is 5.91 Å². The van der Waals surface area contributed by atoms with E-state index in [4.69, 9.17) is 0 Å². The third kappa shape index (κ3) is 4.77. The first kappa shape index (κ1) is 18.7. The van der Waals surface area contributed by atoms with Gasteiger partial charge >= 0.3 is 0 Å². The van der Waals surface area contributed by atoms with E-state index in [9.17, 15) is 4.79 Å². The molecular weight excluding hydrogens is 340 g/mol. The van der Waals surface area contributed by atoms with Crippen LogP contribution in [-0.2, 0) is 0 Å². The van der Waals surface area contributed by atoms with Gasteiger partial charge in [0.2, 0.25) is 5.95 Å². The molecule has 1 aromatic carbocycles. The zero-order chi connectivity index (χ0) is 19.2. The Morgan fingerprint density at radius 1 is 1.19 bits per heavy atom. The zero-order valence-corrected chi connectivity index (χ0v) is 15.8. The topological polar surface area (TPSA) is 91.3 Å². The molecule has 7 nitrogen and oxygen atoms in total. The molecule has 1 amide bonds. The van der Waals surface area contributed by atoms with Crippen LogP contribution in [0.25, 0.3) is 11.3 Å². The quantitative estimate of drug-likeness (QED) is 0.655. The second-order valence-corrected chi connectivity index (χ2v) is 6.43. The second-order valence-electron chi connectivity index (χ2n) is 6.43. The van der Waals surface area contributed by atoms with Gasteiger partial charge in [-0.05, 0) is 44.7 Å². The monoisotopic (exact) mass is 364 g/mol. The van der Waals surface area contributed by atoms with Gasteiger partial charge in [-0.25, -0.2) is 9.97 Å². The van der Waals surface area contributed by atoms with Crippen molar-refractivity contribution in [1.29, 1.82) is 0 Å². The van der Waals surface area contributed by atoms with Crippen LogP contribution < -0.4 is 16.0 Å². The normalized spacial score (nSPS) is 15.5. The van der Waals surface area contributed by atoms with E-state index >= 15 is 0 Å².